The molecule has 0 saturated heterocycles. The van der Waals surface area contributed by atoms with E-state index in [0.717, 1.165) is 10.4 Å². The molecule has 8 heteroatoms. The van der Waals surface area contributed by atoms with Crippen LogP contribution < -0.4 is 0 Å². The third-order valence-corrected chi connectivity index (χ3v) is 4.80. The van der Waals surface area contributed by atoms with Gasteiger partial charge in [-0.1, -0.05) is 23.7 Å². The summed E-state index contributed by atoms with van der Waals surface area (Å²) < 4.78 is 5.04. The highest BCUT2D eigenvalue weighted by molar-refractivity contribution is 8.00. The van der Waals surface area contributed by atoms with Gasteiger partial charge in [0.15, 0.2) is 11.6 Å². The zero-order valence-corrected chi connectivity index (χ0v) is 15.5. The molecule has 27 heavy (non-hydrogen) atoms. The summed E-state index contributed by atoms with van der Waals surface area (Å²) in [6.45, 7) is -0.403. The smallest absolute Gasteiger partial charge is 0.316 e. The van der Waals surface area contributed by atoms with Gasteiger partial charge < -0.3 is 14.8 Å². The summed E-state index contributed by atoms with van der Waals surface area (Å²) in [5.74, 6) is -0.575. The van der Waals surface area contributed by atoms with Gasteiger partial charge in [-0.05, 0) is 36.4 Å². The van der Waals surface area contributed by atoms with Crippen molar-refractivity contribution in [3.8, 4) is 6.07 Å². The van der Waals surface area contributed by atoms with Crippen LogP contribution in [0.25, 0.3) is 16.6 Å². The van der Waals surface area contributed by atoms with Crippen molar-refractivity contribution in [1.29, 1.82) is 5.26 Å². The third-order valence-electron chi connectivity index (χ3n) is 3.57. The molecule has 0 saturated carbocycles. The molecule has 0 fully saturated rings. The second kappa shape index (κ2) is 8.62. The number of esters is 1. The number of rotatable bonds is 6. The number of H-pyrrole nitrogens is 1. The number of hydrogen-bond donors (Lipinski definition) is 2. The van der Waals surface area contributed by atoms with Crippen LogP contribution in [-0.4, -0.2) is 33.4 Å². The van der Waals surface area contributed by atoms with E-state index in [1.807, 2.05) is 24.3 Å². The molecule has 0 bridgehead atoms. The standard InChI is InChI=1S/C19H14ClN3O3S/c20-12-5-7-13(8-6-12)27-11-18(25)26-10-17(24)14(9-21)19-22-15-3-1-2-4-16(15)23-19/h1-8,24H,10-11H2,(H,22,23)/b17-14-. The molecular weight excluding hydrogens is 386 g/mol. The quantitative estimate of drug-likeness (QED) is 0.277. The highest BCUT2D eigenvalue weighted by Crippen LogP contribution is 2.21. The summed E-state index contributed by atoms with van der Waals surface area (Å²) >= 11 is 7.10. The number of nitrogens with one attached hydrogen (secondary N) is 1. The normalized spacial score (nSPS) is 11.7. The first-order valence-electron chi connectivity index (χ1n) is 7.88. The van der Waals surface area contributed by atoms with Gasteiger partial charge in [0.25, 0.3) is 0 Å². The number of benzene rings is 2. The maximum absolute atomic E-state index is 11.9. The van der Waals surface area contributed by atoms with E-state index in [1.54, 1.807) is 30.3 Å². The van der Waals surface area contributed by atoms with E-state index in [0.29, 0.717) is 10.5 Å². The second-order valence-electron chi connectivity index (χ2n) is 5.44. The molecule has 0 atom stereocenters. The van der Waals surface area contributed by atoms with E-state index < -0.39 is 12.6 Å². The van der Waals surface area contributed by atoms with Crippen molar-refractivity contribution in [2.45, 2.75) is 4.90 Å². The molecule has 1 heterocycles. The number of imidazole rings is 1. The Kier molecular flexibility index (Phi) is 6.01. The molecule has 0 aliphatic rings. The van der Waals surface area contributed by atoms with Gasteiger partial charge in [0.1, 0.15) is 18.2 Å². The maximum Gasteiger partial charge on any atom is 0.316 e. The fourth-order valence-electron chi connectivity index (χ4n) is 2.26. The van der Waals surface area contributed by atoms with Crippen molar-refractivity contribution < 1.29 is 14.6 Å². The zero-order valence-electron chi connectivity index (χ0n) is 14.0. The molecule has 0 unspecified atom stereocenters. The first-order valence-corrected chi connectivity index (χ1v) is 9.24. The van der Waals surface area contributed by atoms with E-state index in [-0.39, 0.29) is 22.9 Å². The Labute approximate surface area is 164 Å². The van der Waals surface area contributed by atoms with Crippen LogP contribution in [0.1, 0.15) is 5.82 Å². The van der Waals surface area contributed by atoms with Crippen molar-refractivity contribution in [2.24, 2.45) is 0 Å². The van der Waals surface area contributed by atoms with E-state index in [4.69, 9.17) is 16.3 Å². The molecule has 136 valence electrons. The Balaban J connectivity index is 1.61. The lowest BCUT2D eigenvalue weighted by Crippen LogP contribution is -2.11. The number of nitriles is 1. The number of aliphatic hydroxyl groups is 1. The number of ether oxygens (including phenoxy) is 1. The molecule has 0 aliphatic carbocycles. The predicted molar refractivity (Wildman–Crippen MR) is 104 cm³/mol. The number of halogens is 1. The van der Waals surface area contributed by atoms with Gasteiger partial charge in [0, 0.05) is 9.92 Å². The number of fused-ring (bicyclic) bond motifs is 1. The summed E-state index contributed by atoms with van der Waals surface area (Å²) in [6, 6.07) is 16.2. The predicted octanol–water partition coefficient (Wildman–Crippen LogP) is 4.34. The van der Waals surface area contributed by atoms with Crippen molar-refractivity contribution in [3.63, 3.8) is 0 Å². The lowest BCUT2D eigenvalue weighted by molar-refractivity contribution is -0.140. The van der Waals surface area contributed by atoms with Gasteiger partial charge in [-0.15, -0.1) is 11.8 Å². The Morgan fingerprint density at radius 1 is 1.26 bits per heavy atom. The summed E-state index contributed by atoms with van der Waals surface area (Å²) in [5.41, 5.74) is 1.35. The molecule has 6 nitrogen and oxygen atoms in total. The van der Waals surface area contributed by atoms with Crippen LogP contribution in [0.4, 0.5) is 0 Å². The minimum Gasteiger partial charge on any atom is -0.507 e. The van der Waals surface area contributed by atoms with Crippen LogP contribution in [0.5, 0.6) is 0 Å². The highest BCUT2D eigenvalue weighted by Gasteiger charge is 2.15. The number of para-hydroxylation sites is 2. The number of allylic oxidation sites excluding steroid dienone is 1. The molecule has 0 amide bonds. The number of aliphatic hydroxyl groups excluding tert-OH is 1. The SMILES string of the molecule is N#C/C(=C(/O)COC(=O)CSc1ccc(Cl)cc1)c1nc2ccccc2[nH]1. The minimum absolute atomic E-state index is 0.0654. The van der Waals surface area contributed by atoms with Crippen molar-refractivity contribution in [1.82, 2.24) is 9.97 Å². The third kappa shape index (κ3) is 4.82. The summed E-state index contributed by atoms with van der Waals surface area (Å²) in [5, 5.41) is 20.1. The number of carbonyl (C=O) groups excluding carboxylic acids is 1. The number of aromatic nitrogens is 2. The largest absolute Gasteiger partial charge is 0.507 e. The molecule has 1 aromatic heterocycles. The molecule has 2 aromatic carbocycles. The first-order chi connectivity index (χ1) is 13.1. The van der Waals surface area contributed by atoms with Crippen LogP contribution >= 0.6 is 23.4 Å². The highest BCUT2D eigenvalue weighted by atomic mass is 35.5. The molecule has 0 aliphatic heterocycles. The van der Waals surface area contributed by atoms with E-state index >= 15 is 0 Å². The lowest BCUT2D eigenvalue weighted by atomic mass is 10.2. The van der Waals surface area contributed by atoms with Crippen molar-refractivity contribution in [2.75, 3.05) is 12.4 Å². The fraction of sp³-hybridized carbons (Fsp3) is 0.105. The number of thioether (sulfide) groups is 1. The molecule has 3 aromatic rings. The zero-order chi connectivity index (χ0) is 19.2. The number of hydrogen-bond acceptors (Lipinski definition) is 6. The average molecular weight is 400 g/mol. The Bertz CT molecular complexity index is 1010. The average Bonchev–Trinajstić information content (AvgIpc) is 3.10. The molecule has 2 N–H and O–H groups in total. The lowest BCUT2D eigenvalue weighted by Gasteiger charge is -2.05. The molecule has 3 rings (SSSR count). The first kappa shape index (κ1) is 18.8. The molecule has 0 spiro atoms. The van der Waals surface area contributed by atoms with Gasteiger partial charge in [0.2, 0.25) is 0 Å². The van der Waals surface area contributed by atoms with Crippen molar-refractivity contribution in [3.05, 3.63) is 65.1 Å². The number of carbonyl (C=O) groups is 1. The molecule has 0 radical (unpaired) electrons. The monoisotopic (exact) mass is 399 g/mol. The Morgan fingerprint density at radius 2 is 2.00 bits per heavy atom. The van der Waals surface area contributed by atoms with Gasteiger partial charge in [0.05, 0.1) is 16.8 Å². The van der Waals surface area contributed by atoms with Gasteiger partial charge in [-0.2, -0.15) is 5.26 Å². The van der Waals surface area contributed by atoms with E-state index in [2.05, 4.69) is 9.97 Å². The van der Waals surface area contributed by atoms with E-state index in [9.17, 15) is 15.2 Å². The minimum atomic E-state index is -0.511. The topological polar surface area (TPSA) is 99.0 Å². The Morgan fingerprint density at radius 3 is 2.70 bits per heavy atom. The summed E-state index contributed by atoms with van der Waals surface area (Å²) in [4.78, 5) is 20.0. The second-order valence-corrected chi connectivity index (χ2v) is 6.92. The van der Waals surface area contributed by atoms with E-state index in [1.165, 1.54) is 11.8 Å². The van der Waals surface area contributed by atoms with Gasteiger partial charge >= 0.3 is 5.97 Å². The van der Waals surface area contributed by atoms with Gasteiger partial charge in [-0.3, -0.25) is 4.79 Å². The van der Waals surface area contributed by atoms with Crippen LogP contribution in [-0.2, 0) is 9.53 Å². The van der Waals surface area contributed by atoms with Crippen molar-refractivity contribution >= 4 is 45.9 Å². The summed E-state index contributed by atoms with van der Waals surface area (Å²) in [6.07, 6.45) is 0. The van der Waals surface area contributed by atoms with Crippen LogP contribution in [0, 0.1) is 11.3 Å². The van der Waals surface area contributed by atoms with Crippen LogP contribution in [0.2, 0.25) is 5.02 Å². The summed E-state index contributed by atoms with van der Waals surface area (Å²) in [7, 11) is 0. The molecular formula is C19H14ClN3O3S. The Hall–Kier alpha value is -2.95. The van der Waals surface area contributed by atoms with Crippen LogP contribution in [0.15, 0.2) is 59.2 Å². The number of aromatic amines is 1. The maximum atomic E-state index is 11.9. The van der Waals surface area contributed by atoms with Gasteiger partial charge in [-0.25, -0.2) is 4.98 Å². The fourth-order valence-corrected chi connectivity index (χ4v) is 3.08. The van der Waals surface area contributed by atoms with Crippen LogP contribution in [0.3, 0.4) is 0 Å². The number of nitrogens with zero attached hydrogens (tertiary/aromatic N) is 2.